The van der Waals surface area contributed by atoms with Gasteiger partial charge in [0.05, 0.1) is 30.4 Å². The quantitative estimate of drug-likeness (QED) is 0.631. The lowest BCUT2D eigenvalue weighted by atomic mass is 9.73. The van der Waals surface area contributed by atoms with Gasteiger partial charge in [-0.05, 0) is 25.7 Å². The molecule has 0 aromatic carbocycles. The summed E-state index contributed by atoms with van der Waals surface area (Å²) in [6.45, 7) is -0.403. The maximum absolute atomic E-state index is 12.2. The predicted molar refractivity (Wildman–Crippen MR) is 41.2 cm³/mol. The van der Waals surface area contributed by atoms with Crippen molar-refractivity contribution in [2.45, 2.75) is 37.9 Å². The molecule has 2 fully saturated rings. The standard InChI is InChI=1S/C9H12FNO/c10-4-3-9(6-11)5-7-1-2-8(9)12-7/h7-8H,1-5H2. The zero-order chi connectivity index (χ0) is 8.60. The van der Waals surface area contributed by atoms with E-state index in [1.165, 1.54) is 0 Å². The van der Waals surface area contributed by atoms with Gasteiger partial charge in [0.25, 0.3) is 0 Å². The summed E-state index contributed by atoms with van der Waals surface area (Å²) >= 11 is 0. The summed E-state index contributed by atoms with van der Waals surface area (Å²) in [4.78, 5) is 0. The predicted octanol–water partition coefficient (Wildman–Crippen LogP) is 1.81. The van der Waals surface area contributed by atoms with Crippen LogP contribution in [-0.2, 0) is 4.74 Å². The Labute approximate surface area is 71.3 Å². The van der Waals surface area contributed by atoms with Crippen LogP contribution >= 0.6 is 0 Å². The third kappa shape index (κ3) is 0.947. The van der Waals surface area contributed by atoms with Crippen LogP contribution in [-0.4, -0.2) is 18.9 Å². The number of rotatable bonds is 2. The van der Waals surface area contributed by atoms with Gasteiger partial charge in [0, 0.05) is 0 Å². The van der Waals surface area contributed by atoms with Gasteiger partial charge in [0.1, 0.15) is 0 Å². The Balaban J connectivity index is 2.15. The molecule has 2 bridgehead atoms. The van der Waals surface area contributed by atoms with E-state index in [1.807, 2.05) is 0 Å². The second kappa shape index (κ2) is 2.70. The summed E-state index contributed by atoms with van der Waals surface area (Å²) in [5, 5.41) is 8.97. The molecule has 3 unspecified atom stereocenters. The van der Waals surface area contributed by atoms with Gasteiger partial charge in [-0.25, -0.2) is 0 Å². The topological polar surface area (TPSA) is 33.0 Å². The summed E-state index contributed by atoms with van der Waals surface area (Å²) in [5.41, 5.74) is -0.488. The molecule has 2 aliphatic rings. The molecule has 0 saturated carbocycles. The van der Waals surface area contributed by atoms with E-state index in [2.05, 4.69) is 6.07 Å². The number of hydrogen-bond acceptors (Lipinski definition) is 2. The first-order valence-electron chi connectivity index (χ1n) is 4.43. The van der Waals surface area contributed by atoms with E-state index < -0.39 is 12.1 Å². The monoisotopic (exact) mass is 169 g/mol. The Morgan fingerprint density at radius 2 is 2.42 bits per heavy atom. The van der Waals surface area contributed by atoms with E-state index in [4.69, 9.17) is 10.00 Å². The first-order chi connectivity index (χ1) is 5.80. The molecule has 0 aromatic heterocycles. The van der Waals surface area contributed by atoms with Crippen LogP contribution in [0.4, 0.5) is 4.39 Å². The first kappa shape index (κ1) is 8.00. The van der Waals surface area contributed by atoms with Crippen molar-refractivity contribution in [3.8, 4) is 6.07 Å². The number of alkyl halides is 1. The fourth-order valence-corrected chi connectivity index (χ4v) is 2.41. The lowest BCUT2D eigenvalue weighted by molar-refractivity contribution is 0.0741. The highest BCUT2D eigenvalue weighted by molar-refractivity contribution is 5.12. The number of ether oxygens (including phenoxy) is 1. The fourth-order valence-electron chi connectivity index (χ4n) is 2.41. The molecule has 66 valence electrons. The minimum absolute atomic E-state index is 0.0169. The average Bonchev–Trinajstić information content (AvgIpc) is 2.64. The SMILES string of the molecule is N#CC1(CCF)CC2CCC1O2. The third-order valence-electron chi connectivity index (χ3n) is 3.08. The normalized spacial score (nSPS) is 44.7. The average molecular weight is 169 g/mol. The van der Waals surface area contributed by atoms with Crippen LogP contribution in [0.15, 0.2) is 0 Å². The fraction of sp³-hybridized carbons (Fsp3) is 0.889. The highest BCUT2D eigenvalue weighted by Crippen LogP contribution is 2.49. The summed E-state index contributed by atoms with van der Waals surface area (Å²) in [6, 6.07) is 2.24. The number of halogens is 1. The molecule has 2 aliphatic heterocycles. The van der Waals surface area contributed by atoms with E-state index in [0.717, 1.165) is 19.3 Å². The molecule has 0 spiro atoms. The maximum atomic E-state index is 12.2. The summed E-state index contributed by atoms with van der Waals surface area (Å²) < 4.78 is 17.7. The van der Waals surface area contributed by atoms with Crippen molar-refractivity contribution in [3.05, 3.63) is 0 Å². The highest BCUT2D eigenvalue weighted by atomic mass is 19.1. The van der Waals surface area contributed by atoms with Gasteiger partial charge >= 0.3 is 0 Å². The van der Waals surface area contributed by atoms with Gasteiger partial charge in [-0.3, -0.25) is 4.39 Å². The summed E-state index contributed by atoms with van der Waals surface area (Å²) in [5.74, 6) is 0. The van der Waals surface area contributed by atoms with Gasteiger partial charge in [-0.15, -0.1) is 0 Å². The zero-order valence-corrected chi connectivity index (χ0v) is 6.92. The van der Waals surface area contributed by atoms with Crippen LogP contribution in [0.1, 0.15) is 25.7 Å². The molecule has 0 aromatic rings. The Morgan fingerprint density at radius 3 is 2.83 bits per heavy atom. The van der Waals surface area contributed by atoms with E-state index in [0.29, 0.717) is 6.42 Å². The number of hydrogen-bond donors (Lipinski definition) is 0. The maximum Gasteiger partial charge on any atom is 0.0910 e. The number of nitrogens with zero attached hydrogens (tertiary/aromatic N) is 1. The van der Waals surface area contributed by atoms with Crippen LogP contribution in [0.5, 0.6) is 0 Å². The van der Waals surface area contributed by atoms with Crippen LogP contribution in [0.2, 0.25) is 0 Å². The lowest BCUT2D eigenvalue weighted by Crippen LogP contribution is -2.31. The van der Waals surface area contributed by atoms with Crippen molar-refractivity contribution in [2.24, 2.45) is 5.41 Å². The second-order valence-electron chi connectivity index (χ2n) is 3.74. The molecular formula is C9H12FNO. The highest BCUT2D eigenvalue weighted by Gasteiger charge is 2.52. The van der Waals surface area contributed by atoms with Crippen molar-refractivity contribution in [3.63, 3.8) is 0 Å². The van der Waals surface area contributed by atoms with Crippen molar-refractivity contribution in [2.75, 3.05) is 6.67 Å². The van der Waals surface area contributed by atoms with Gasteiger partial charge in [-0.1, -0.05) is 0 Å². The summed E-state index contributed by atoms with van der Waals surface area (Å²) in [6.07, 6.45) is 3.35. The van der Waals surface area contributed by atoms with Crippen LogP contribution in [0, 0.1) is 16.7 Å². The second-order valence-corrected chi connectivity index (χ2v) is 3.74. The molecular weight excluding hydrogens is 157 g/mol. The first-order valence-corrected chi connectivity index (χ1v) is 4.43. The van der Waals surface area contributed by atoms with Gasteiger partial charge in [-0.2, -0.15) is 5.26 Å². The Hall–Kier alpha value is -0.620. The Morgan fingerprint density at radius 1 is 1.58 bits per heavy atom. The largest absolute Gasteiger partial charge is 0.373 e. The van der Waals surface area contributed by atoms with Crippen LogP contribution in [0.3, 0.4) is 0 Å². The number of fused-ring (bicyclic) bond motifs is 2. The molecule has 2 saturated heterocycles. The van der Waals surface area contributed by atoms with E-state index in [9.17, 15) is 4.39 Å². The van der Waals surface area contributed by atoms with Gasteiger partial charge in [0.15, 0.2) is 0 Å². The van der Waals surface area contributed by atoms with E-state index in [-0.39, 0.29) is 12.2 Å². The molecule has 0 radical (unpaired) electrons. The van der Waals surface area contributed by atoms with Crippen LogP contribution in [0.25, 0.3) is 0 Å². The Bertz CT molecular complexity index is 225. The number of nitriles is 1. The van der Waals surface area contributed by atoms with Crippen molar-refractivity contribution in [1.82, 2.24) is 0 Å². The molecule has 2 rings (SSSR count). The van der Waals surface area contributed by atoms with Crippen molar-refractivity contribution in [1.29, 1.82) is 5.26 Å². The minimum atomic E-state index is -0.488. The van der Waals surface area contributed by atoms with Crippen LogP contribution < -0.4 is 0 Å². The summed E-state index contributed by atoms with van der Waals surface area (Å²) in [7, 11) is 0. The van der Waals surface area contributed by atoms with E-state index in [1.54, 1.807) is 0 Å². The van der Waals surface area contributed by atoms with Gasteiger partial charge < -0.3 is 4.74 Å². The molecule has 0 aliphatic carbocycles. The zero-order valence-electron chi connectivity index (χ0n) is 6.92. The molecule has 3 heteroatoms. The smallest absolute Gasteiger partial charge is 0.0910 e. The van der Waals surface area contributed by atoms with Crippen molar-refractivity contribution < 1.29 is 9.13 Å². The minimum Gasteiger partial charge on any atom is -0.373 e. The molecule has 0 amide bonds. The molecule has 0 N–H and O–H groups in total. The molecule has 12 heavy (non-hydrogen) atoms. The molecule has 3 atom stereocenters. The lowest BCUT2D eigenvalue weighted by Gasteiger charge is -2.26. The van der Waals surface area contributed by atoms with E-state index >= 15 is 0 Å². The Kier molecular flexibility index (Phi) is 1.80. The molecule has 2 nitrogen and oxygen atoms in total. The molecule has 2 heterocycles. The van der Waals surface area contributed by atoms with Gasteiger partial charge in [0.2, 0.25) is 0 Å². The van der Waals surface area contributed by atoms with Crippen molar-refractivity contribution >= 4 is 0 Å². The third-order valence-corrected chi connectivity index (χ3v) is 3.08.